The van der Waals surface area contributed by atoms with Crippen molar-refractivity contribution in [2.45, 2.75) is 67.9 Å². The van der Waals surface area contributed by atoms with E-state index in [1.165, 1.54) is 54.3 Å². The number of phenolic OH excluding ortho intramolecular Hbond substituents is 1. The number of anilines is 1. The van der Waals surface area contributed by atoms with Crippen LogP contribution in [0.15, 0.2) is 53.3 Å². The highest BCUT2D eigenvalue weighted by molar-refractivity contribution is 8.01. The number of aliphatic carboxylic acids is 1. The minimum absolute atomic E-state index is 0.0943. The number of nitrogens with zero attached hydrogens (tertiary/aromatic N) is 3. The largest absolute Gasteiger partial charge is 0.508 e. The van der Waals surface area contributed by atoms with Gasteiger partial charge in [0, 0.05) is 34.8 Å². The number of likely N-dealkylation sites (tertiary alicyclic amines) is 1. The number of thioether (sulfide) groups is 1. The van der Waals surface area contributed by atoms with Gasteiger partial charge >= 0.3 is 5.97 Å². The number of rotatable bonds is 7. The Labute approximate surface area is 283 Å². The van der Waals surface area contributed by atoms with Crippen molar-refractivity contribution in [3.05, 3.63) is 70.0 Å². The number of H-pyrrole nitrogens is 1. The first kappa shape index (κ1) is 33.7. The number of pyridine rings is 1. The molecule has 3 aromatic rings. The van der Waals surface area contributed by atoms with E-state index >= 15 is 0 Å². The Bertz CT molecular complexity index is 1980. The van der Waals surface area contributed by atoms with Gasteiger partial charge in [0.05, 0.1) is 0 Å². The number of carboxylic acid groups (broad SMARTS) is 1. The second-order valence-corrected chi connectivity index (χ2v) is 14.6. The highest BCUT2D eigenvalue weighted by Crippen LogP contribution is 2.52. The maximum atomic E-state index is 14.3. The molecule has 5 amide bonds. The number of aromatic nitrogens is 1. The van der Waals surface area contributed by atoms with Crippen LogP contribution in [-0.2, 0) is 24.0 Å². The van der Waals surface area contributed by atoms with Gasteiger partial charge in [0.25, 0.3) is 23.3 Å². The molecule has 3 aliphatic heterocycles. The highest BCUT2D eigenvalue weighted by atomic mass is 32.2. The Balaban J connectivity index is 1.36. The first-order valence-electron chi connectivity index (χ1n) is 15.5. The highest BCUT2D eigenvalue weighted by Gasteiger charge is 2.67. The molecular weight excluding hydrogens is 656 g/mol. The normalized spacial score (nSPS) is 23.1. The zero-order valence-electron chi connectivity index (χ0n) is 26.7. The van der Waals surface area contributed by atoms with Crippen molar-refractivity contribution in [2.24, 2.45) is 5.73 Å². The molecule has 0 spiro atoms. The number of carbonyl (C=O) groups excluding carboxylic acids is 5. The van der Waals surface area contributed by atoms with Gasteiger partial charge in [0.15, 0.2) is 0 Å². The van der Waals surface area contributed by atoms with Gasteiger partial charge in [-0.1, -0.05) is 12.1 Å². The van der Waals surface area contributed by atoms with Crippen molar-refractivity contribution < 1.29 is 39.0 Å². The molecular formula is C33H34N6O9S. The average Bonchev–Trinajstić information content (AvgIpc) is 3.64. The number of fused-ring (bicyclic) bond motifs is 2. The number of benzene rings is 2. The monoisotopic (exact) mass is 690 g/mol. The van der Waals surface area contributed by atoms with Crippen LogP contribution in [0.25, 0.3) is 10.9 Å². The summed E-state index contributed by atoms with van der Waals surface area (Å²) >= 11 is 1.11. The molecule has 0 radical (unpaired) electrons. The summed E-state index contributed by atoms with van der Waals surface area (Å²) in [5.74, 6) is -4.88. The summed E-state index contributed by atoms with van der Waals surface area (Å²) in [5, 5.41) is 21.8. The molecule has 3 aliphatic rings. The first-order chi connectivity index (χ1) is 23.1. The molecule has 2 aromatic carbocycles. The van der Waals surface area contributed by atoms with Crippen molar-refractivity contribution in [1.29, 1.82) is 0 Å². The van der Waals surface area contributed by atoms with E-state index in [1.807, 2.05) is 0 Å². The second kappa shape index (κ2) is 12.3. The Morgan fingerprint density at radius 1 is 1.08 bits per heavy atom. The molecule has 256 valence electrons. The maximum Gasteiger partial charge on any atom is 0.327 e. The summed E-state index contributed by atoms with van der Waals surface area (Å²) in [6, 6.07) is 6.36. The first-order valence-corrected chi connectivity index (χ1v) is 16.4. The number of nitrogens with two attached hydrogens (primary N) is 1. The SMILES string of the molecule is CC(=O)N1CCCC1C(=O)Nc1ccc2[nH]c(=O)c(C(=O)N(C(=O)C(N)c3ccc(O)cc3)[C@@H]3C(=O)N4[C@@H]3SC(C)(C)[C@@H]4C(=O)O)cc2c1. The van der Waals surface area contributed by atoms with Gasteiger partial charge in [-0.3, -0.25) is 33.7 Å². The number of aromatic amines is 1. The second-order valence-electron chi connectivity index (χ2n) is 12.8. The lowest BCUT2D eigenvalue weighted by atomic mass is 9.94. The van der Waals surface area contributed by atoms with E-state index in [2.05, 4.69) is 10.3 Å². The van der Waals surface area contributed by atoms with Crippen LogP contribution in [0.2, 0.25) is 0 Å². The molecule has 15 nitrogen and oxygen atoms in total. The number of aromatic hydroxyl groups is 1. The lowest BCUT2D eigenvalue weighted by Gasteiger charge is -2.47. The lowest BCUT2D eigenvalue weighted by molar-refractivity contribution is -0.166. The predicted molar refractivity (Wildman–Crippen MR) is 177 cm³/mol. The number of carbonyl (C=O) groups is 6. The molecule has 0 bridgehead atoms. The van der Waals surface area contributed by atoms with Gasteiger partial charge in [-0.05, 0) is 68.7 Å². The Kier molecular flexibility index (Phi) is 8.48. The van der Waals surface area contributed by atoms with Crippen LogP contribution < -0.4 is 16.6 Å². The van der Waals surface area contributed by atoms with Crippen molar-refractivity contribution in [3.63, 3.8) is 0 Å². The summed E-state index contributed by atoms with van der Waals surface area (Å²) in [5.41, 5.74) is 5.80. The molecule has 5 atom stereocenters. The summed E-state index contributed by atoms with van der Waals surface area (Å²) in [6.45, 7) is 5.15. The molecule has 6 N–H and O–H groups in total. The van der Waals surface area contributed by atoms with E-state index in [1.54, 1.807) is 19.9 Å². The van der Waals surface area contributed by atoms with E-state index < -0.39 is 75.0 Å². The molecule has 2 unspecified atom stereocenters. The van der Waals surface area contributed by atoms with Gasteiger partial charge in [0.1, 0.15) is 40.9 Å². The molecule has 4 heterocycles. The summed E-state index contributed by atoms with van der Waals surface area (Å²) in [6.07, 6.45) is 1.19. The number of nitrogens with one attached hydrogen (secondary N) is 2. The maximum absolute atomic E-state index is 14.3. The van der Waals surface area contributed by atoms with E-state index in [0.29, 0.717) is 40.9 Å². The van der Waals surface area contributed by atoms with Crippen LogP contribution >= 0.6 is 11.8 Å². The van der Waals surface area contributed by atoms with E-state index in [0.717, 1.165) is 16.7 Å². The fourth-order valence-corrected chi connectivity index (χ4v) is 8.45. The number of imide groups is 1. The zero-order chi connectivity index (χ0) is 35.5. The summed E-state index contributed by atoms with van der Waals surface area (Å²) in [4.78, 5) is 98.4. The minimum atomic E-state index is -1.49. The van der Waals surface area contributed by atoms with Crippen LogP contribution in [0.5, 0.6) is 5.75 Å². The van der Waals surface area contributed by atoms with Crippen LogP contribution in [0, 0.1) is 0 Å². The number of hydrogen-bond donors (Lipinski definition) is 5. The van der Waals surface area contributed by atoms with Crippen LogP contribution in [0.1, 0.15) is 55.6 Å². The Hall–Kier alpha value is -5.22. The van der Waals surface area contributed by atoms with Crippen molar-refractivity contribution in [1.82, 2.24) is 19.7 Å². The standard InChI is InChI=1S/C33H34N6O9S/c1-15(40)37-12-4-5-22(37)27(43)35-18-8-11-21-17(13-18)14-20(26(42)36-21)28(44)38(29(45)23(34)16-6-9-19(41)10-7-16)24-30(46)39-25(32(47)48)33(2,3)49-31(24)39/h6-11,13-14,22-25,31,41H,4-5,12,34H2,1-3H3,(H,35,43)(H,36,42)(H,47,48)/t22?,23?,24-,25+,31-/m1/s1. The summed E-state index contributed by atoms with van der Waals surface area (Å²) in [7, 11) is 0. The Morgan fingerprint density at radius 2 is 1.78 bits per heavy atom. The third-order valence-corrected chi connectivity index (χ3v) is 10.8. The third-order valence-electron chi connectivity index (χ3n) is 9.20. The average molecular weight is 691 g/mol. The number of phenols is 1. The molecule has 0 saturated carbocycles. The third kappa shape index (κ3) is 5.80. The number of amides is 5. The smallest absolute Gasteiger partial charge is 0.327 e. The minimum Gasteiger partial charge on any atom is -0.508 e. The number of β-lactam (4-membered cyclic amide) rings is 1. The van der Waals surface area contributed by atoms with Gasteiger partial charge in [-0.15, -0.1) is 11.8 Å². The van der Waals surface area contributed by atoms with Gasteiger partial charge in [-0.2, -0.15) is 0 Å². The fourth-order valence-electron chi connectivity index (χ4n) is 6.78. The Morgan fingerprint density at radius 3 is 2.43 bits per heavy atom. The quantitative estimate of drug-likeness (QED) is 0.223. The van der Waals surface area contributed by atoms with Crippen molar-refractivity contribution >= 4 is 63.9 Å². The van der Waals surface area contributed by atoms with E-state index in [4.69, 9.17) is 5.73 Å². The van der Waals surface area contributed by atoms with Crippen LogP contribution in [-0.4, -0.2) is 100 Å². The fraction of sp³-hybridized carbons (Fsp3) is 0.364. The predicted octanol–water partition coefficient (Wildman–Crippen LogP) is 1.37. The molecule has 16 heteroatoms. The van der Waals surface area contributed by atoms with Crippen LogP contribution in [0.3, 0.4) is 0 Å². The van der Waals surface area contributed by atoms with E-state index in [-0.39, 0.29) is 17.2 Å². The molecule has 0 aliphatic carbocycles. The summed E-state index contributed by atoms with van der Waals surface area (Å²) < 4.78 is -0.973. The van der Waals surface area contributed by atoms with Gasteiger partial charge < -0.3 is 36.0 Å². The van der Waals surface area contributed by atoms with E-state index in [9.17, 15) is 43.8 Å². The molecule has 49 heavy (non-hydrogen) atoms. The zero-order valence-corrected chi connectivity index (χ0v) is 27.5. The van der Waals surface area contributed by atoms with Gasteiger partial charge in [0.2, 0.25) is 11.8 Å². The molecule has 3 saturated heterocycles. The topological polar surface area (TPSA) is 224 Å². The van der Waals surface area contributed by atoms with Crippen molar-refractivity contribution in [2.75, 3.05) is 11.9 Å². The molecule has 1 aromatic heterocycles. The van der Waals surface area contributed by atoms with Crippen LogP contribution in [0.4, 0.5) is 5.69 Å². The lowest BCUT2D eigenvalue weighted by Crippen LogP contribution is -2.72. The number of hydrogen-bond acceptors (Lipinski definition) is 10. The molecule has 3 fully saturated rings. The van der Waals surface area contributed by atoms with Gasteiger partial charge in [-0.25, -0.2) is 4.79 Å². The number of carboxylic acids is 1. The van der Waals surface area contributed by atoms with Crippen molar-refractivity contribution in [3.8, 4) is 5.75 Å². The molecule has 6 rings (SSSR count).